The van der Waals surface area contributed by atoms with Gasteiger partial charge in [-0.15, -0.1) is 0 Å². The third-order valence-electron chi connectivity index (χ3n) is 3.50. The first-order valence-electron chi connectivity index (χ1n) is 6.66. The number of anilines is 2. The number of nitrogen functional groups attached to an aromatic ring is 1. The zero-order valence-electron chi connectivity index (χ0n) is 11.5. The summed E-state index contributed by atoms with van der Waals surface area (Å²) in [5, 5.41) is 4.55. The fraction of sp³-hybridized carbons (Fsp3) is 0.769. The Morgan fingerprint density at radius 3 is 3.00 bits per heavy atom. The predicted molar refractivity (Wildman–Crippen MR) is 77.4 cm³/mol. The Morgan fingerprint density at radius 1 is 1.56 bits per heavy atom. The Hall–Kier alpha value is -0.970. The number of rotatable bonds is 4. The third-order valence-corrected chi connectivity index (χ3v) is 4.28. The van der Waals surface area contributed by atoms with Crippen molar-refractivity contribution in [2.75, 3.05) is 17.7 Å². The van der Waals surface area contributed by atoms with Gasteiger partial charge in [-0.1, -0.05) is 20.3 Å². The van der Waals surface area contributed by atoms with Crippen LogP contribution in [-0.4, -0.2) is 17.0 Å². The first-order chi connectivity index (χ1) is 8.52. The van der Waals surface area contributed by atoms with Gasteiger partial charge in [-0.2, -0.15) is 4.37 Å². The van der Waals surface area contributed by atoms with Crippen molar-refractivity contribution in [3.8, 4) is 5.75 Å². The molecule has 1 saturated carbocycles. The molecule has 1 aromatic rings. The minimum absolute atomic E-state index is 0.428. The lowest BCUT2D eigenvalue weighted by atomic mass is 9.75. The fourth-order valence-electron chi connectivity index (χ4n) is 2.68. The van der Waals surface area contributed by atoms with Crippen LogP contribution in [0.15, 0.2) is 0 Å². The molecule has 102 valence electrons. The third kappa shape index (κ3) is 3.07. The van der Waals surface area contributed by atoms with E-state index in [4.69, 9.17) is 10.5 Å². The molecule has 0 bridgehead atoms. The first-order valence-corrected chi connectivity index (χ1v) is 7.43. The summed E-state index contributed by atoms with van der Waals surface area (Å²) in [4.78, 5) is 0. The van der Waals surface area contributed by atoms with E-state index in [0.717, 1.165) is 10.8 Å². The number of nitrogens with two attached hydrogens (primary N) is 1. The van der Waals surface area contributed by atoms with Gasteiger partial charge in [-0.05, 0) is 43.1 Å². The molecule has 0 aromatic carbocycles. The summed E-state index contributed by atoms with van der Waals surface area (Å²) >= 11 is 1.40. The number of ether oxygens (including phenoxy) is 1. The Balaban J connectivity index is 2.05. The van der Waals surface area contributed by atoms with Crippen molar-refractivity contribution in [3.05, 3.63) is 0 Å². The van der Waals surface area contributed by atoms with Crippen molar-refractivity contribution in [1.82, 2.24) is 4.37 Å². The molecule has 2 rings (SSSR count). The quantitative estimate of drug-likeness (QED) is 0.878. The van der Waals surface area contributed by atoms with Crippen molar-refractivity contribution in [3.63, 3.8) is 0 Å². The standard InChI is InChI=1S/C13H23N3OS/c1-4-17-10-11(14)16-18-12(10)15-9-6-5-7-13(2,3)8-9/h9,15H,4-8H2,1-3H3,(H2,14,16). The highest BCUT2D eigenvalue weighted by Gasteiger charge is 2.29. The molecule has 3 N–H and O–H groups in total. The van der Waals surface area contributed by atoms with Gasteiger partial charge < -0.3 is 15.8 Å². The van der Waals surface area contributed by atoms with E-state index in [1.54, 1.807) is 0 Å². The van der Waals surface area contributed by atoms with Gasteiger partial charge in [0.25, 0.3) is 0 Å². The SMILES string of the molecule is CCOc1c(N)nsc1NC1CCCC(C)(C)C1. The first kappa shape index (κ1) is 13.5. The lowest BCUT2D eigenvalue weighted by Crippen LogP contribution is -2.31. The van der Waals surface area contributed by atoms with E-state index in [0.29, 0.717) is 23.9 Å². The molecule has 0 amide bonds. The highest BCUT2D eigenvalue weighted by molar-refractivity contribution is 7.11. The second-order valence-corrected chi connectivity index (χ2v) is 6.53. The van der Waals surface area contributed by atoms with E-state index in [1.807, 2.05) is 6.92 Å². The summed E-state index contributed by atoms with van der Waals surface area (Å²) in [6.07, 6.45) is 5.00. The van der Waals surface area contributed by atoms with Gasteiger partial charge in [0.15, 0.2) is 16.6 Å². The molecule has 0 saturated heterocycles. The number of aromatic nitrogens is 1. The number of hydrogen-bond donors (Lipinski definition) is 2. The normalized spacial score (nSPS) is 22.7. The van der Waals surface area contributed by atoms with Crippen LogP contribution in [-0.2, 0) is 0 Å². The maximum Gasteiger partial charge on any atom is 0.197 e. The van der Waals surface area contributed by atoms with Crippen LogP contribution in [0.5, 0.6) is 5.75 Å². The second kappa shape index (κ2) is 5.34. The molecule has 0 spiro atoms. The van der Waals surface area contributed by atoms with Crippen molar-refractivity contribution in [2.45, 2.75) is 52.5 Å². The second-order valence-electron chi connectivity index (χ2n) is 5.76. The summed E-state index contributed by atoms with van der Waals surface area (Å²) in [6, 6.07) is 0.507. The molecular weight excluding hydrogens is 246 g/mol. The van der Waals surface area contributed by atoms with Crippen LogP contribution in [0.1, 0.15) is 46.5 Å². The molecule has 0 aliphatic heterocycles. The molecule has 1 fully saturated rings. The van der Waals surface area contributed by atoms with Gasteiger partial charge in [0, 0.05) is 6.04 Å². The molecule has 1 unspecified atom stereocenters. The number of hydrogen-bond acceptors (Lipinski definition) is 5. The van der Waals surface area contributed by atoms with Gasteiger partial charge in [0.1, 0.15) is 0 Å². The van der Waals surface area contributed by atoms with E-state index in [9.17, 15) is 0 Å². The van der Waals surface area contributed by atoms with Gasteiger partial charge in [-0.25, -0.2) is 0 Å². The highest BCUT2D eigenvalue weighted by atomic mass is 32.1. The summed E-state index contributed by atoms with van der Waals surface area (Å²) in [7, 11) is 0. The highest BCUT2D eigenvalue weighted by Crippen LogP contribution is 2.40. The van der Waals surface area contributed by atoms with Crippen LogP contribution in [0.4, 0.5) is 10.8 Å². The molecule has 0 radical (unpaired) electrons. The minimum Gasteiger partial charge on any atom is -0.487 e. The van der Waals surface area contributed by atoms with Crippen molar-refractivity contribution in [1.29, 1.82) is 0 Å². The maximum absolute atomic E-state index is 5.82. The Labute approximate surface area is 113 Å². The van der Waals surface area contributed by atoms with Crippen molar-refractivity contribution >= 4 is 22.4 Å². The van der Waals surface area contributed by atoms with Crippen molar-refractivity contribution in [2.24, 2.45) is 5.41 Å². The van der Waals surface area contributed by atoms with E-state index >= 15 is 0 Å². The Bertz CT molecular complexity index is 403. The Morgan fingerprint density at radius 2 is 2.33 bits per heavy atom. The molecule has 1 heterocycles. The van der Waals surface area contributed by atoms with E-state index in [-0.39, 0.29) is 0 Å². The zero-order valence-corrected chi connectivity index (χ0v) is 12.3. The van der Waals surface area contributed by atoms with Crippen LogP contribution >= 0.6 is 11.5 Å². The summed E-state index contributed by atoms with van der Waals surface area (Å²) in [5.41, 5.74) is 6.25. The summed E-state index contributed by atoms with van der Waals surface area (Å²) in [6.45, 7) is 7.26. The molecule has 4 nitrogen and oxygen atoms in total. The molecule has 1 aliphatic rings. The van der Waals surface area contributed by atoms with Gasteiger partial charge in [0.2, 0.25) is 0 Å². The van der Waals surface area contributed by atoms with Crippen molar-refractivity contribution < 1.29 is 4.74 Å². The largest absolute Gasteiger partial charge is 0.487 e. The average Bonchev–Trinajstić information content (AvgIpc) is 2.61. The van der Waals surface area contributed by atoms with E-state index in [1.165, 1.54) is 37.2 Å². The maximum atomic E-state index is 5.82. The van der Waals surface area contributed by atoms with Crippen LogP contribution in [0.3, 0.4) is 0 Å². The molecule has 1 atom stereocenters. The van der Waals surface area contributed by atoms with Gasteiger partial charge in [-0.3, -0.25) is 0 Å². The van der Waals surface area contributed by atoms with Gasteiger partial charge in [0.05, 0.1) is 6.61 Å². The zero-order chi connectivity index (χ0) is 13.2. The molecule has 5 heteroatoms. The smallest absolute Gasteiger partial charge is 0.197 e. The van der Waals surface area contributed by atoms with Crippen LogP contribution in [0.25, 0.3) is 0 Å². The number of nitrogens with zero attached hydrogens (tertiary/aromatic N) is 1. The summed E-state index contributed by atoms with van der Waals surface area (Å²) in [5.74, 6) is 1.23. The van der Waals surface area contributed by atoms with E-state index in [2.05, 4.69) is 23.5 Å². The topological polar surface area (TPSA) is 60.2 Å². The van der Waals surface area contributed by atoms with Crippen LogP contribution in [0, 0.1) is 5.41 Å². The van der Waals surface area contributed by atoms with Gasteiger partial charge >= 0.3 is 0 Å². The number of nitrogens with one attached hydrogen (secondary N) is 1. The molecule has 18 heavy (non-hydrogen) atoms. The predicted octanol–water partition coefficient (Wildman–Crippen LogP) is 3.50. The lowest BCUT2D eigenvalue weighted by molar-refractivity contribution is 0.229. The summed E-state index contributed by atoms with van der Waals surface area (Å²) < 4.78 is 9.73. The molecule has 1 aromatic heterocycles. The average molecular weight is 269 g/mol. The minimum atomic E-state index is 0.428. The fourth-order valence-corrected chi connectivity index (χ4v) is 3.41. The monoisotopic (exact) mass is 269 g/mol. The lowest BCUT2D eigenvalue weighted by Gasteiger charge is -2.35. The molecular formula is C13H23N3OS. The Kier molecular flexibility index (Phi) is 4.00. The molecule has 1 aliphatic carbocycles. The van der Waals surface area contributed by atoms with Crippen LogP contribution < -0.4 is 15.8 Å². The van der Waals surface area contributed by atoms with E-state index < -0.39 is 0 Å². The van der Waals surface area contributed by atoms with Crippen LogP contribution in [0.2, 0.25) is 0 Å².